The normalized spacial score (nSPS) is 23.5. The lowest BCUT2D eigenvalue weighted by atomic mass is 9.85. The van der Waals surface area contributed by atoms with E-state index in [1.54, 1.807) is 6.07 Å². The molecule has 0 bridgehead atoms. The predicted octanol–water partition coefficient (Wildman–Crippen LogP) is 3.33. The van der Waals surface area contributed by atoms with Crippen LogP contribution in [-0.2, 0) is 22.7 Å². The molecule has 1 N–H and O–H groups in total. The summed E-state index contributed by atoms with van der Waals surface area (Å²) in [5, 5.41) is 2.34. The van der Waals surface area contributed by atoms with Crippen molar-refractivity contribution in [3.8, 4) is 17.6 Å². The number of hydrogen-bond donors (Lipinski definition) is 1. The number of fused-ring (bicyclic) bond motifs is 1. The largest absolute Gasteiger partial charge is 0.494 e. The lowest BCUT2D eigenvalue weighted by Gasteiger charge is -2.40. The first-order chi connectivity index (χ1) is 20.3. The van der Waals surface area contributed by atoms with Gasteiger partial charge in [-0.05, 0) is 42.2 Å². The third kappa shape index (κ3) is 5.66. The van der Waals surface area contributed by atoms with E-state index in [1.165, 1.54) is 55.7 Å². The van der Waals surface area contributed by atoms with Crippen LogP contribution >= 0.6 is 0 Å². The highest BCUT2D eigenvalue weighted by Crippen LogP contribution is 2.35. The number of carbonyl (C=O) groups is 3. The molecule has 0 radical (unpaired) electrons. The van der Waals surface area contributed by atoms with Crippen molar-refractivity contribution in [2.75, 3.05) is 39.8 Å². The zero-order valence-electron chi connectivity index (χ0n) is 24.1. The van der Waals surface area contributed by atoms with Gasteiger partial charge in [0.1, 0.15) is 5.41 Å². The summed E-state index contributed by atoms with van der Waals surface area (Å²) in [5.74, 6) is 3.85. The van der Waals surface area contributed by atoms with Gasteiger partial charge in [-0.3, -0.25) is 29.5 Å². The molecule has 2 aromatic rings. The number of halogens is 1. The fourth-order valence-electron chi connectivity index (χ4n) is 6.80. The van der Waals surface area contributed by atoms with Crippen LogP contribution < -0.4 is 10.1 Å². The van der Waals surface area contributed by atoms with Gasteiger partial charge < -0.3 is 9.64 Å². The predicted molar refractivity (Wildman–Crippen MR) is 155 cm³/mol. The number of amides is 3. The van der Waals surface area contributed by atoms with Gasteiger partial charge in [-0.15, -0.1) is 0 Å². The van der Waals surface area contributed by atoms with Crippen molar-refractivity contribution >= 4 is 17.7 Å². The molecule has 0 spiro atoms. The van der Waals surface area contributed by atoms with Crippen molar-refractivity contribution in [2.45, 2.75) is 57.7 Å². The Labute approximate surface area is 246 Å². The molecule has 2 saturated heterocycles. The van der Waals surface area contributed by atoms with Gasteiger partial charge in [-0.2, -0.15) is 0 Å². The van der Waals surface area contributed by atoms with E-state index in [-0.39, 0.29) is 30.8 Å². The molecule has 1 aliphatic carbocycles. The van der Waals surface area contributed by atoms with Gasteiger partial charge in [0, 0.05) is 57.4 Å². The highest BCUT2D eigenvalue weighted by molar-refractivity contribution is 6.08. The molecule has 9 heteroatoms. The van der Waals surface area contributed by atoms with Crippen LogP contribution in [0, 0.1) is 23.1 Å². The minimum Gasteiger partial charge on any atom is -0.494 e. The Hall–Kier alpha value is -3.74. The summed E-state index contributed by atoms with van der Waals surface area (Å²) in [6.07, 6.45) is 6.64. The Morgan fingerprint density at radius 3 is 2.40 bits per heavy atom. The molecule has 2 aromatic carbocycles. The average molecular weight is 573 g/mol. The molecule has 1 saturated carbocycles. The van der Waals surface area contributed by atoms with Gasteiger partial charge in [-0.25, -0.2) is 4.39 Å². The van der Waals surface area contributed by atoms with Crippen molar-refractivity contribution in [1.29, 1.82) is 0 Å². The Morgan fingerprint density at radius 1 is 1.00 bits per heavy atom. The summed E-state index contributed by atoms with van der Waals surface area (Å²) < 4.78 is 19.9. The lowest BCUT2D eigenvalue weighted by molar-refractivity contribution is -0.127. The van der Waals surface area contributed by atoms with Crippen LogP contribution in [0.1, 0.15) is 65.6 Å². The zero-order valence-corrected chi connectivity index (χ0v) is 24.1. The summed E-state index contributed by atoms with van der Waals surface area (Å²) in [7, 11) is 1.34. The lowest BCUT2D eigenvalue weighted by Crippen LogP contribution is -2.50. The van der Waals surface area contributed by atoms with Crippen LogP contribution in [0.15, 0.2) is 36.4 Å². The standard InChI is InChI=1S/C33H37FN4O4/c1-42-27-12-11-25-21-38(31(40)29(25)30(27)34)22-33(19-28(39)35-32(33)41)14-13-23-7-9-24(10-8-23)20-36-15-17-37(18-16-36)26-5-3-2-4-6-26/h7-12,26H,2-6,15-22H2,1H3,(H,35,39,41)/t33-/m1/s1. The molecule has 3 amide bonds. The molecule has 6 rings (SSSR count). The maximum absolute atomic E-state index is 14.9. The molecule has 3 heterocycles. The van der Waals surface area contributed by atoms with E-state index < -0.39 is 29.0 Å². The number of hydrogen-bond acceptors (Lipinski definition) is 6. The second kappa shape index (κ2) is 11.9. The maximum atomic E-state index is 14.9. The monoisotopic (exact) mass is 572 g/mol. The summed E-state index contributed by atoms with van der Waals surface area (Å²) in [5.41, 5.74) is 0.962. The van der Waals surface area contributed by atoms with Crippen molar-refractivity contribution in [1.82, 2.24) is 20.0 Å². The summed E-state index contributed by atoms with van der Waals surface area (Å²) in [4.78, 5) is 44.9. The molecule has 0 unspecified atom stereocenters. The van der Waals surface area contributed by atoms with E-state index in [9.17, 15) is 18.8 Å². The Balaban J connectivity index is 1.11. The SMILES string of the molecule is COc1ccc2c(c1F)C(=O)N(C[C@@]1(C#Cc3ccc(CN4CCN(C5CCCCC5)CC4)cc3)CC(=O)NC1=O)C2. The van der Waals surface area contributed by atoms with Crippen LogP contribution in [0.5, 0.6) is 5.75 Å². The Kier molecular flexibility index (Phi) is 8.02. The smallest absolute Gasteiger partial charge is 0.257 e. The zero-order chi connectivity index (χ0) is 29.3. The van der Waals surface area contributed by atoms with E-state index in [0.29, 0.717) is 5.56 Å². The number of imide groups is 1. The number of benzene rings is 2. The first kappa shape index (κ1) is 28.4. The molecule has 1 atom stereocenters. The molecule has 3 fully saturated rings. The Bertz CT molecular complexity index is 1430. The number of methoxy groups -OCH3 is 1. The number of carbonyl (C=O) groups excluding carboxylic acids is 3. The van der Waals surface area contributed by atoms with Crippen molar-refractivity contribution < 1.29 is 23.5 Å². The number of piperazine rings is 1. The number of nitrogens with one attached hydrogen (secondary N) is 1. The summed E-state index contributed by atoms with van der Waals surface area (Å²) >= 11 is 0. The molecular weight excluding hydrogens is 535 g/mol. The third-order valence-corrected chi connectivity index (χ3v) is 9.19. The van der Waals surface area contributed by atoms with E-state index >= 15 is 0 Å². The van der Waals surface area contributed by atoms with E-state index in [0.717, 1.165) is 44.3 Å². The minimum atomic E-state index is -1.41. The van der Waals surface area contributed by atoms with Crippen LogP contribution in [0.25, 0.3) is 0 Å². The second-order valence-electron chi connectivity index (χ2n) is 12.0. The maximum Gasteiger partial charge on any atom is 0.257 e. The average Bonchev–Trinajstić information content (AvgIpc) is 3.47. The minimum absolute atomic E-state index is 0.0163. The highest BCUT2D eigenvalue weighted by Gasteiger charge is 2.49. The van der Waals surface area contributed by atoms with Gasteiger partial charge in [0.25, 0.3) is 5.91 Å². The third-order valence-electron chi connectivity index (χ3n) is 9.19. The summed E-state index contributed by atoms with van der Waals surface area (Å²) in [6, 6.07) is 11.9. The van der Waals surface area contributed by atoms with Gasteiger partial charge in [0.15, 0.2) is 11.6 Å². The van der Waals surface area contributed by atoms with Crippen LogP contribution in [0.4, 0.5) is 4.39 Å². The molecule has 4 aliphatic rings. The highest BCUT2D eigenvalue weighted by atomic mass is 19.1. The number of nitrogens with zero attached hydrogens (tertiary/aromatic N) is 3. The van der Waals surface area contributed by atoms with Gasteiger partial charge in [0.2, 0.25) is 11.8 Å². The van der Waals surface area contributed by atoms with Crippen LogP contribution in [0.2, 0.25) is 0 Å². The van der Waals surface area contributed by atoms with Gasteiger partial charge in [-0.1, -0.05) is 49.3 Å². The van der Waals surface area contributed by atoms with Gasteiger partial charge in [0.05, 0.1) is 19.1 Å². The second-order valence-corrected chi connectivity index (χ2v) is 12.0. The molecule has 0 aromatic heterocycles. The van der Waals surface area contributed by atoms with E-state index in [2.05, 4.69) is 39.1 Å². The molecule has 8 nitrogen and oxygen atoms in total. The van der Waals surface area contributed by atoms with Crippen LogP contribution in [-0.4, -0.2) is 78.3 Å². The van der Waals surface area contributed by atoms with E-state index in [1.807, 2.05) is 12.1 Å². The number of rotatable bonds is 6. The quantitative estimate of drug-likeness (QED) is 0.423. The molecule has 3 aliphatic heterocycles. The first-order valence-electron chi connectivity index (χ1n) is 14.9. The fourth-order valence-corrected chi connectivity index (χ4v) is 6.80. The van der Waals surface area contributed by atoms with Crippen molar-refractivity contribution in [3.05, 3.63) is 64.5 Å². The molecule has 220 valence electrons. The van der Waals surface area contributed by atoms with Crippen molar-refractivity contribution in [2.24, 2.45) is 5.41 Å². The first-order valence-corrected chi connectivity index (χ1v) is 14.9. The van der Waals surface area contributed by atoms with Crippen LogP contribution in [0.3, 0.4) is 0 Å². The summed E-state index contributed by atoms with van der Waals surface area (Å²) in [6.45, 7) is 5.29. The van der Waals surface area contributed by atoms with Crippen molar-refractivity contribution in [3.63, 3.8) is 0 Å². The molecular formula is C33H37FN4O4. The Morgan fingerprint density at radius 2 is 1.74 bits per heavy atom. The topological polar surface area (TPSA) is 82.2 Å². The number of ether oxygens (including phenoxy) is 1. The van der Waals surface area contributed by atoms with E-state index in [4.69, 9.17) is 4.74 Å². The fraction of sp³-hybridized carbons (Fsp3) is 0.485. The molecule has 42 heavy (non-hydrogen) atoms. The van der Waals surface area contributed by atoms with Gasteiger partial charge >= 0.3 is 0 Å².